The lowest BCUT2D eigenvalue weighted by Gasteiger charge is -2.27. The molecule has 0 amide bonds. The van der Waals surface area contributed by atoms with Crippen molar-refractivity contribution in [2.75, 3.05) is 0 Å². The Morgan fingerprint density at radius 2 is 1.77 bits per heavy atom. The van der Waals surface area contributed by atoms with Gasteiger partial charge in [0.05, 0.1) is 11.3 Å². The van der Waals surface area contributed by atoms with E-state index in [9.17, 15) is 9.59 Å². The lowest BCUT2D eigenvalue weighted by molar-refractivity contribution is -0.133. The van der Waals surface area contributed by atoms with E-state index in [2.05, 4.69) is 55.5 Å². The Bertz CT molecular complexity index is 1280. The number of hydrogen-bond donors (Lipinski definition) is 0. The van der Waals surface area contributed by atoms with Crippen LogP contribution in [0.5, 0.6) is 0 Å². The van der Waals surface area contributed by atoms with E-state index < -0.39 is 5.92 Å². The molecule has 4 heteroatoms. The van der Waals surface area contributed by atoms with Crippen LogP contribution in [-0.4, -0.2) is 22.3 Å². The summed E-state index contributed by atoms with van der Waals surface area (Å²) in [7, 11) is 0. The summed E-state index contributed by atoms with van der Waals surface area (Å²) in [5, 5.41) is 1.00. The molecule has 1 aromatic heterocycles. The molecule has 0 spiro atoms. The molecule has 30 heavy (non-hydrogen) atoms. The zero-order valence-electron chi connectivity index (χ0n) is 17.7. The van der Waals surface area contributed by atoms with Crippen LogP contribution in [0.1, 0.15) is 50.3 Å². The van der Waals surface area contributed by atoms with E-state index in [1.165, 1.54) is 5.56 Å². The summed E-state index contributed by atoms with van der Waals surface area (Å²) in [5.41, 5.74) is 5.53. The average Bonchev–Trinajstić information content (AvgIpc) is 3.30. The van der Waals surface area contributed by atoms with E-state index >= 15 is 0 Å². The predicted octanol–water partition coefficient (Wildman–Crippen LogP) is 5.36. The van der Waals surface area contributed by atoms with Crippen LogP contribution >= 0.6 is 0 Å². The molecule has 1 aliphatic heterocycles. The van der Waals surface area contributed by atoms with Crippen molar-refractivity contribution in [1.29, 1.82) is 0 Å². The first kappa shape index (κ1) is 18.7. The van der Waals surface area contributed by atoms with Gasteiger partial charge in [-0.05, 0) is 56.5 Å². The third-order valence-electron chi connectivity index (χ3n) is 6.16. The lowest BCUT2D eigenvalue weighted by atomic mass is 9.70. The number of aliphatic imine (C=N–C) groups is 1. The zero-order chi connectivity index (χ0) is 21.2. The second kappa shape index (κ2) is 6.36. The molecule has 0 bridgehead atoms. The van der Waals surface area contributed by atoms with Gasteiger partial charge in [-0.2, -0.15) is 0 Å². The number of aromatic nitrogens is 1. The number of allylic oxidation sites excluding steroid dienone is 2. The number of nitrogens with zero attached hydrogens (tertiary/aromatic N) is 2. The molecule has 0 unspecified atom stereocenters. The smallest absolute Gasteiger partial charge is 0.182 e. The van der Waals surface area contributed by atoms with Gasteiger partial charge in [-0.25, -0.2) is 0 Å². The third-order valence-corrected chi connectivity index (χ3v) is 6.16. The Kier molecular flexibility index (Phi) is 3.97. The number of aryl methyl sites for hydroxylation is 1. The van der Waals surface area contributed by atoms with Crippen molar-refractivity contribution in [3.63, 3.8) is 0 Å². The molecule has 150 valence electrons. The fraction of sp³-hybridized carbons (Fsp3) is 0.269. The SMILES string of the molecule is CCc1ccc2c(c1)c(C1C(=O)C(=C3C=Nc4ccccc43)C1=O)cn2C(C)(C)C. The summed E-state index contributed by atoms with van der Waals surface area (Å²) in [6.07, 6.45) is 4.56. The zero-order valence-corrected chi connectivity index (χ0v) is 17.7. The number of Topliss-reactive ketones (excluding diaryl/α,β-unsaturated/α-hetero) is 2. The van der Waals surface area contributed by atoms with Crippen molar-refractivity contribution in [3.05, 3.63) is 70.9 Å². The third kappa shape index (κ3) is 2.56. The van der Waals surface area contributed by atoms with Gasteiger partial charge >= 0.3 is 0 Å². The largest absolute Gasteiger partial charge is 0.342 e. The van der Waals surface area contributed by atoms with Crippen LogP contribution in [0.25, 0.3) is 16.5 Å². The second-order valence-corrected chi connectivity index (χ2v) is 9.06. The van der Waals surface area contributed by atoms with E-state index in [4.69, 9.17) is 0 Å². The van der Waals surface area contributed by atoms with Crippen molar-refractivity contribution < 1.29 is 9.59 Å². The lowest BCUT2D eigenvalue weighted by Crippen LogP contribution is -2.39. The van der Waals surface area contributed by atoms with E-state index in [0.717, 1.165) is 34.1 Å². The maximum atomic E-state index is 13.3. The number of para-hydroxylation sites is 1. The van der Waals surface area contributed by atoms with Gasteiger partial charge in [0.2, 0.25) is 0 Å². The molecular formula is C26H24N2O2. The van der Waals surface area contributed by atoms with Gasteiger partial charge in [0.25, 0.3) is 0 Å². The highest BCUT2D eigenvalue weighted by atomic mass is 16.2. The topological polar surface area (TPSA) is 51.4 Å². The van der Waals surface area contributed by atoms with E-state index in [1.807, 2.05) is 30.5 Å². The molecule has 1 aliphatic carbocycles. The summed E-state index contributed by atoms with van der Waals surface area (Å²) < 4.78 is 2.18. The van der Waals surface area contributed by atoms with Crippen LogP contribution in [0.4, 0.5) is 5.69 Å². The van der Waals surface area contributed by atoms with Crippen LogP contribution in [0, 0.1) is 0 Å². The number of rotatable bonds is 2. The van der Waals surface area contributed by atoms with Crippen LogP contribution in [0.2, 0.25) is 0 Å². The monoisotopic (exact) mass is 396 g/mol. The number of hydrogen-bond acceptors (Lipinski definition) is 3. The summed E-state index contributed by atoms with van der Waals surface area (Å²) >= 11 is 0. The summed E-state index contributed by atoms with van der Waals surface area (Å²) in [6, 6.07) is 14.0. The number of carbonyl (C=O) groups is 2. The van der Waals surface area contributed by atoms with Crippen LogP contribution in [0.15, 0.2) is 59.2 Å². The molecule has 3 aromatic rings. The molecule has 2 heterocycles. The fourth-order valence-corrected chi connectivity index (χ4v) is 4.52. The molecule has 0 radical (unpaired) electrons. The van der Waals surface area contributed by atoms with Crippen molar-refractivity contribution >= 4 is 39.9 Å². The Balaban J connectivity index is 1.65. The Morgan fingerprint density at radius 1 is 1.03 bits per heavy atom. The predicted molar refractivity (Wildman–Crippen MR) is 121 cm³/mol. The van der Waals surface area contributed by atoms with Crippen molar-refractivity contribution in [3.8, 4) is 0 Å². The van der Waals surface area contributed by atoms with Gasteiger partial charge in [-0.15, -0.1) is 0 Å². The van der Waals surface area contributed by atoms with Crippen molar-refractivity contribution in [2.24, 2.45) is 4.99 Å². The minimum Gasteiger partial charge on any atom is -0.342 e. The first-order valence-electron chi connectivity index (χ1n) is 10.4. The van der Waals surface area contributed by atoms with Crippen molar-refractivity contribution in [2.45, 2.75) is 45.6 Å². The maximum absolute atomic E-state index is 13.3. The molecule has 5 rings (SSSR count). The van der Waals surface area contributed by atoms with E-state index in [0.29, 0.717) is 5.57 Å². The number of fused-ring (bicyclic) bond motifs is 2. The van der Waals surface area contributed by atoms with Crippen LogP contribution < -0.4 is 0 Å². The first-order valence-corrected chi connectivity index (χ1v) is 10.4. The van der Waals surface area contributed by atoms with Crippen molar-refractivity contribution in [1.82, 2.24) is 4.57 Å². The minimum atomic E-state index is -0.730. The average molecular weight is 396 g/mol. The Morgan fingerprint density at radius 3 is 2.47 bits per heavy atom. The number of carbonyl (C=O) groups excluding carboxylic acids is 2. The molecule has 0 N–H and O–H groups in total. The summed E-state index contributed by atoms with van der Waals surface area (Å²) in [6.45, 7) is 8.51. The van der Waals surface area contributed by atoms with Gasteiger partial charge in [0, 0.05) is 40.0 Å². The highest BCUT2D eigenvalue weighted by Gasteiger charge is 2.48. The molecule has 1 saturated carbocycles. The van der Waals surface area contributed by atoms with Crippen LogP contribution in [-0.2, 0) is 21.5 Å². The fourth-order valence-electron chi connectivity index (χ4n) is 4.52. The van der Waals surface area contributed by atoms with Crippen LogP contribution in [0.3, 0.4) is 0 Å². The molecule has 0 atom stereocenters. The maximum Gasteiger partial charge on any atom is 0.182 e. The molecule has 2 aromatic carbocycles. The first-order chi connectivity index (χ1) is 14.3. The van der Waals surface area contributed by atoms with Gasteiger partial charge in [0.1, 0.15) is 5.92 Å². The van der Waals surface area contributed by atoms with E-state index in [-0.39, 0.29) is 22.7 Å². The highest BCUT2D eigenvalue weighted by Crippen LogP contribution is 2.44. The molecule has 1 fully saturated rings. The summed E-state index contributed by atoms with van der Waals surface area (Å²) in [4.78, 5) is 30.9. The summed E-state index contributed by atoms with van der Waals surface area (Å²) in [5.74, 6) is -0.937. The Labute approximate surface area is 175 Å². The highest BCUT2D eigenvalue weighted by molar-refractivity contribution is 6.49. The Hall–Kier alpha value is -3.27. The van der Waals surface area contributed by atoms with Gasteiger partial charge < -0.3 is 4.57 Å². The van der Waals surface area contributed by atoms with Gasteiger partial charge in [0.15, 0.2) is 11.6 Å². The number of benzene rings is 2. The molecule has 4 nitrogen and oxygen atoms in total. The van der Waals surface area contributed by atoms with Gasteiger partial charge in [-0.3, -0.25) is 14.6 Å². The number of ketones is 2. The second-order valence-electron chi connectivity index (χ2n) is 9.06. The molecular weight excluding hydrogens is 372 g/mol. The van der Waals surface area contributed by atoms with E-state index in [1.54, 1.807) is 6.21 Å². The van der Waals surface area contributed by atoms with Gasteiger partial charge in [-0.1, -0.05) is 31.2 Å². The minimum absolute atomic E-state index is 0.104. The normalized spacial score (nSPS) is 18.3. The standard InChI is InChI=1S/C26H24N2O2/c1-5-15-10-11-21-17(12-15)19(14-28(21)26(2,3)4)23-24(29)22(25(23)30)18-13-27-20-9-7-6-8-16(18)20/h6-14,23H,5H2,1-4H3. The molecule has 2 aliphatic rings. The quantitative estimate of drug-likeness (QED) is 0.332. The molecule has 0 saturated heterocycles.